The van der Waals surface area contributed by atoms with Crippen molar-refractivity contribution in [2.45, 2.75) is 11.7 Å². The van der Waals surface area contributed by atoms with Gasteiger partial charge in [0.2, 0.25) is 0 Å². The van der Waals surface area contributed by atoms with Crippen LogP contribution in [0, 0.1) is 0 Å². The highest BCUT2D eigenvalue weighted by Gasteiger charge is 2.15. The van der Waals surface area contributed by atoms with Gasteiger partial charge in [0, 0.05) is 40.7 Å². The molecule has 0 aliphatic carbocycles. The highest BCUT2D eigenvalue weighted by Crippen LogP contribution is 2.28. The van der Waals surface area contributed by atoms with Crippen LogP contribution < -0.4 is 5.32 Å². The first kappa shape index (κ1) is 14.1. The first-order valence-corrected chi connectivity index (χ1v) is 8.34. The van der Waals surface area contributed by atoms with Gasteiger partial charge in [0.05, 0.1) is 18.1 Å². The van der Waals surface area contributed by atoms with E-state index in [-0.39, 0.29) is 5.91 Å². The zero-order chi connectivity index (χ0) is 15.6. The van der Waals surface area contributed by atoms with E-state index in [9.17, 15) is 4.79 Å². The first-order chi connectivity index (χ1) is 11.3. The van der Waals surface area contributed by atoms with Crippen LogP contribution in [0.4, 0.5) is 0 Å². The van der Waals surface area contributed by atoms with Gasteiger partial charge in [0.25, 0.3) is 5.91 Å². The average Bonchev–Trinajstić information content (AvgIpc) is 3.31. The van der Waals surface area contributed by atoms with E-state index in [4.69, 9.17) is 4.42 Å². The summed E-state index contributed by atoms with van der Waals surface area (Å²) in [6, 6.07) is 3.76. The summed E-state index contributed by atoms with van der Waals surface area (Å²) in [5.41, 5.74) is 3.27. The molecule has 0 radical (unpaired) electrons. The number of carbonyl (C=O) groups is 1. The fourth-order valence-electron chi connectivity index (χ4n) is 2.65. The van der Waals surface area contributed by atoms with E-state index < -0.39 is 0 Å². The summed E-state index contributed by atoms with van der Waals surface area (Å²) in [5.74, 6) is -0.0914. The third kappa shape index (κ3) is 2.77. The molecule has 4 rings (SSSR count). The van der Waals surface area contributed by atoms with Crippen molar-refractivity contribution in [2.75, 3.05) is 6.54 Å². The lowest BCUT2D eigenvalue weighted by Gasteiger charge is -2.10. The van der Waals surface area contributed by atoms with Crippen LogP contribution >= 0.6 is 11.8 Å². The zero-order valence-corrected chi connectivity index (χ0v) is 13.1. The van der Waals surface area contributed by atoms with Gasteiger partial charge in [-0.25, -0.2) is 4.98 Å². The summed E-state index contributed by atoms with van der Waals surface area (Å²) in [7, 11) is 0. The predicted octanol–water partition coefficient (Wildman–Crippen LogP) is 3.57. The van der Waals surface area contributed by atoms with Gasteiger partial charge in [0.15, 0.2) is 0 Å². The third-order valence-corrected chi connectivity index (χ3v) is 4.98. The van der Waals surface area contributed by atoms with Crippen LogP contribution in [0.25, 0.3) is 22.2 Å². The van der Waals surface area contributed by atoms with Gasteiger partial charge in [-0.2, -0.15) is 0 Å². The number of pyridine rings is 1. The Balaban J connectivity index is 1.57. The lowest BCUT2D eigenvalue weighted by molar-refractivity contribution is 0.0953. The standard InChI is InChI=1S/C17H15N3O2S/c21-17(20-8-13-2-1-5-23-13)12-6-14-15(11-3-4-22-10-11)9-19-16(14)18-7-12/h1,3-7,9-10,13H,2,8H2,(H,18,19)(H,20,21). The summed E-state index contributed by atoms with van der Waals surface area (Å²) in [6.07, 6.45) is 9.93. The Hall–Kier alpha value is -2.47. The number of allylic oxidation sites excluding steroid dienone is 1. The third-order valence-electron chi connectivity index (χ3n) is 3.88. The second kappa shape index (κ2) is 5.96. The van der Waals surface area contributed by atoms with Crippen LogP contribution in [-0.4, -0.2) is 27.7 Å². The molecule has 0 fully saturated rings. The van der Waals surface area contributed by atoms with E-state index in [1.54, 1.807) is 30.5 Å². The summed E-state index contributed by atoms with van der Waals surface area (Å²) >= 11 is 1.76. The molecule has 1 aliphatic heterocycles. The van der Waals surface area contributed by atoms with Crippen molar-refractivity contribution in [1.29, 1.82) is 0 Å². The number of carbonyl (C=O) groups excluding carboxylic acids is 1. The van der Waals surface area contributed by atoms with Gasteiger partial charge in [-0.3, -0.25) is 4.79 Å². The molecule has 0 aromatic carbocycles. The van der Waals surface area contributed by atoms with E-state index in [0.717, 1.165) is 28.6 Å². The maximum Gasteiger partial charge on any atom is 0.252 e. The average molecular weight is 325 g/mol. The van der Waals surface area contributed by atoms with Crippen LogP contribution in [0.2, 0.25) is 0 Å². The molecule has 2 N–H and O–H groups in total. The summed E-state index contributed by atoms with van der Waals surface area (Å²) < 4.78 is 5.14. The van der Waals surface area contributed by atoms with Crippen LogP contribution in [0.15, 0.2) is 53.0 Å². The minimum Gasteiger partial charge on any atom is -0.472 e. The molecular formula is C17H15N3O2S. The lowest BCUT2D eigenvalue weighted by Crippen LogP contribution is -2.29. The van der Waals surface area contributed by atoms with Gasteiger partial charge >= 0.3 is 0 Å². The number of nitrogens with one attached hydrogen (secondary N) is 2. The highest BCUT2D eigenvalue weighted by atomic mass is 32.2. The Morgan fingerprint density at radius 3 is 3.26 bits per heavy atom. The molecule has 6 heteroatoms. The van der Waals surface area contributed by atoms with Gasteiger partial charge in [0.1, 0.15) is 5.65 Å². The van der Waals surface area contributed by atoms with E-state index in [1.807, 2.05) is 18.3 Å². The van der Waals surface area contributed by atoms with E-state index in [2.05, 4.69) is 26.8 Å². The van der Waals surface area contributed by atoms with Crippen molar-refractivity contribution in [1.82, 2.24) is 15.3 Å². The quantitative estimate of drug-likeness (QED) is 0.769. The Morgan fingerprint density at radius 1 is 1.52 bits per heavy atom. The van der Waals surface area contributed by atoms with Gasteiger partial charge in [-0.1, -0.05) is 6.08 Å². The summed E-state index contributed by atoms with van der Waals surface area (Å²) in [6.45, 7) is 0.663. The second-order valence-corrected chi connectivity index (χ2v) is 6.62. The Morgan fingerprint density at radius 2 is 2.48 bits per heavy atom. The van der Waals surface area contributed by atoms with Crippen LogP contribution in [-0.2, 0) is 0 Å². The number of H-pyrrole nitrogens is 1. The molecule has 23 heavy (non-hydrogen) atoms. The van der Waals surface area contributed by atoms with Gasteiger partial charge in [-0.15, -0.1) is 11.8 Å². The number of aromatic amines is 1. The Labute approximate surface area is 137 Å². The molecule has 1 amide bonds. The number of aromatic nitrogens is 2. The molecule has 3 aromatic rings. The number of nitrogens with zero attached hydrogens (tertiary/aromatic N) is 1. The van der Waals surface area contributed by atoms with E-state index in [1.165, 1.54) is 0 Å². The number of furan rings is 1. The number of thioether (sulfide) groups is 1. The van der Waals surface area contributed by atoms with Crippen LogP contribution in [0.3, 0.4) is 0 Å². The molecule has 116 valence electrons. The maximum absolute atomic E-state index is 12.4. The second-order valence-electron chi connectivity index (χ2n) is 5.41. The summed E-state index contributed by atoms with van der Waals surface area (Å²) in [5, 5.41) is 6.42. The fourth-order valence-corrected chi connectivity index (χ4v) is 3.50. The first-order valence-electron chi connectivity index (χ1n) is 7.39. The van der Waals surface area contributed by atoms with Crippen LogP contribution in [0.1, 0.15) is 16.8 Å². The van der Waals surface area contributed by atoms with E-state index in [0.29, 0.717) is 17.4 Å². The molecule has 5 nitrogen and oxygen atoms in total. The molecule has 3 aromatic heterocycles. The maximum atomic E-state index is 12.4. The van der Waals surface area contributed by atoms with Crippen molar-refractivity contribution >= 4 is 28.7 Å². The molecule has 4 heterocycles. The zero-order valence-electron chi connectivity index (χ0n) is 12.3. The van der Waals surface area contributed by atoms with Gasteiger partial charge in [-0.05, 0) is 24.0 Å². The van der Waals surface area contributed by atoms with Crippen molar-refractivity contribution in [3.63, 3.8) is 0 Å². The molecule has 1 unspecified atom stereocenters. The Kier molecular flexibility index (Phi) is 3.67. The largest absolute Gasteiger partial charge is 0.472 e. The molecule has 0 saturated carbocycles. The normalized spacial score (nSPS) is 17.0. The van der Waals surface area contributed by atoms with Crippen LogP contribution in [0.5, 0.6) is 0 Å². The number of amides is 1. The Bertz CT molecular complexity index is 859. The molecule has 0 spiro atoms. The fraction of sp³-hybridized carbons (Fsp3) is 0.176. The molecule has 0 saturated heterocycles. The predicted molar refractivity (Wildman–Crippen MR) is 91.3 cm³/mol. The smallest absolute Gasteiger partial charge is 0.252 e. The molecular weight excluding hydrogens is 310 g/mol. The van der Waals surface area contributed by atoms with Crippen molar-refractivity contribution < 1.29 is 9.21 Å². The molecule has 1 aliphatic rings. The topological polar surface area (TPSA) is 70.9 Å². The van der Waals surface area contributed by atoms with Crippen molar-refractivity contribution in [2.24, 2.45) is 0 Å². The monoisotopic (exact) mass is 325 g/mol. The highest BCUT2D eigenvalue weighted by molar-refractivity contribution is 8.03. The summed E-state index contributed by atoms with van der Waals surface area (Å²) in [4.78, 5) is 19.8. The number of hydrogen-bond donors (Lipinski definition) is 2. The number of fused-ring (bicyclic) bond motifs is 1. The van der Waals surface area contributed by atoms with E-state index >= 15 is 0 Å². The SMILES string of the molecule is O=C(NCC1CC=CS1)c1cnc2[nH]cc(-c3ccoc3)c2c1. The lowest BCUT2D eigenvalue weighted by atomic mass is 10.1. The number of hydrogen-bond acceptors (Lipinski definition) is 4. The minimum absolute atomic E-state index is 0.0914. The van der Waals surface area contributed by atoms with Gasteiger partial charge < -0.3 is 14.7 Å². The molecule has 0 bridgehead atoms. The van der Waals surface area contributed by atoms with Crippen molar-refractivity contribution in [3.8, 4) is 11.1 Å². The minimum atomic E-state index is -0.0914. The molecule has 1 atom stereocenters. The number of rotatable bonds is 4. The van der Waals surface area contributed by atoms with Crippen molar-refractivity contribution in [3.05, 3.63) is 54.1 Å².